The Morgan fingerprint density at radius 2 is 1.55 bits per heavy atom. The highest BCUT2D eigenvalue weighted by Crippen LogP contribution is 2.31. The Morgan fingerprint density at radius 3 is 2.24 bits per heavy atom. The lowest BCUT2D eigenvalue weighted by atomic mass is 10.1. The predicted molar refractivity (Wildman–Crippen MR) is 148 cm³/mol. The van der Waals surface area contributed by atoms with Crippen LogP contribution in [0.2, 0.25) is 5.02 Å². The van der Waals surface area contributed by atoms with Crippen LogP contribution in [0.25, 0.3) is 0 Å². The first-order valence-corrected chi connectivity index (χ1v) is 13.4. The van der Waals surface area contributed by atoms with Gasteiger partial charge >= 0.3 is 5.97 Å². The molecule has 0 aromatic heterocycles. The number of sulfonamides is 1. The molecule has 0 aliphatic heterocycles. The Balaban J connectivity index is 1.78. The van der Waals surface area contributed by atoms with Crippen molar-refractivity contribution in [3.63, 3.8) is 0 Å². The largest absolute Gasteiger partial charge is 0.465 e. The first kappa shape index (κ1) is 26.9. The van der Waals surface area contributed by atoms with Crippen LogP contribution in [0.3, 0.4) is 0 Å². The summed E-state index contributed by atoms with van der Waals surface area (Å²) in [6.45, 7) is 1.87. The van der Waals surface area contributed by atoms with Gasteiger partial charge in [-0.1, -0.05) is 71.8 Å². The monoisotopic (exact) mass is 548 g/mol. The normalized spacial score (nSPS) is 11.0. The highest BCUT2D eigenvalue weighted by Gasteiger charge is 2.29. The lowest BCUT2D eigenvalue weighted by Gasteiger charge is -2.27. The number of nitrogens with one attached hydrogen (secondary N) is 1. The number of hydrogen-bond donors (Lipinski definition) is 1. The molecule has 0 fully saturated rings. The molecule has 0 radical (unpaired) electrons. The van der Waals surface area contributed by atoms with Gasteiger partial charge in [0.25, 0.3) is 15.9 Å². The van der Waals surface area contributed by atoms with Gasteiger partial charge in [-0.15, -0.1) is 0 Å². The van der Waals surface area contributed by atoms with Gasteiger partial charge in [0, 0.05) is 0 Å². The maximum Gasteiger partial charge on any atom is 0.337 e. The van der Waals surface area contributed by atoms with Gasteiger partial charge < -0.3 is 10.1 Å². The number of para-hydroxylation sites is 1. The van der Waals surface area contributed by atoms with E-state index in [4.69, 9.17) is 16.3 Å². The molecule has 9 heteroatoms. The smallest absolute Gasteiger partial charge is 0.337 e. The zero-order valence-corrected chi connectivity index (χ0v) is 22.3. The Bertz CT molecular complexity index is 1570. The molecule has 4 aromatic carbocycles. The van der Waals surface area contributed by atoms with Crippen LogP contribution in [0, 0.1) is 6.92 Å². The van der Waals surface area contributed by atoms with Crippen LogP contribution in [0.1, 0.15) is 31.8 Å². The number of rotatable bonds is 8. The summed E-state index contributed by atoms with van der Waals surface area (Å²) in [5, 5.41) is 2.91. The second-order valence-electron chi connectivity index (χ2n) is 8.47. The van der Waals surface area contributed by atoms with E-state index in [0.717, 1.165) is 11.1 Å². The van der Waals surface area contributed by atoms with Crippen molar-refractivity contribution in [2.75, 3.05) is 16.7 Å². The van der Waals surface area contributed by atoms with Gasteiger partial charge in [-0.2, -0.15) is 0 Å². The van der Waals surface area contributed by atoms with Gasteiger partial charge in [-0.05, 0) is 55.0 Å². The SMILES string of the molecule is COC(=O)c1ccc(Cl)c(NC(=O)c2ccccc2N(Cc2ccccc2)S(=O)(=O)c2ccc(C)cc2)c1. The third-order valence-corrected chi connectivity index (χ3v) is 7.93. The second-order valence-corrected chi connectivity index (χ2v) is 10.7. The first-order chi connectivity index (χ1) is 18.2. The Hall–Kier alpha value is -4.14. The molecule has 0 heterocycles. The Morgan fingerprint density at radius 1 is 0.895 bits per heavy atom. The van der Waals surface area contributed by atoms with E-state index in [9.17, 15) is 18.0 Å². The quantitative estimate of drug-likeness (QED) is 0.269. The number of amides is 1. The minimum atomic E-state index is -4.06. The molecule has 4 rings (SSSR count). The summed E-state index contributed by atoms with van der Waals surface area (Å²) in [5.41, 5.74) is 2.35. The Labute approximate surface area is 226 Å². The van der Waals surface area contributed by atoms with Crippen molar-refractivity contribution in [2.45, 2.75) is 18.4 Å². The summed E-state index contributed by atoms with van der Waals surface area (Å²) in [7, 11) is -2.81. The molecule has 4 aromatic rings. The molecule has 0 spiro atoms. The molecule has 1 amide bonds. The summed E-state index contributed by atoms with van der Waals surface area (Å²) in [6.07, 6.45) is 0. The third kappa shape index (κ3) is 5.88. The summed E-state index contributed by atoms with van der Waals surface area (Å²) < 4.78 is 33.8. The minimum absolute atomic E-state index is 0.0000743. The number of halogens is 1. The third-order valence-electron chi connectivity index (χ3n) is 5.83. The zero-order chi connectivity index (χ0) is 27.3. The number of carbonyl (C=O) groups excluding carboxylic acids is 2. The topological polar surface area (TPSA) is 92.8 Å². The first-order valence-electron chi connectivity index (χ1n) is 11.6. The van der Waals surface area contributed by atoms with E-state index in [1.54, 1.807) is 42.5 Å². The number of nitrogens with zero attached hydrogens (tertiary/aromatic N) is 1. The van der Waals surface area contributed by atoms with Crippen molar-refractivity contribution in [1.29, 1.82) is 0 Å². The number of ether oxygens (including phenoxy) is 1. The molecule has 0 atom stereocenters. The van der Waals surface area contributed by atoms with Crippen LogP contribution in [-0.4, -0.2) is 27.4 Å². The molecule has 0 aliphatic rings. The van der Waals surface area contributed by atoms with Gasteiger partial charge in [0.15, 0.2) is 0 Å². The number of anilines is 2. The molecule has 1 N–H and O–H groups in total. The number of carbonyl (C=O) groups is 2. The van der Waals surface area contributed by atoms with E-state index in [1.165, 1.54) is 35.7 Å². The summed E-state index contributed by atoms with van der Waals surface area (Å²) in [5.74, 6) is -1.18. The predicted octanol–water partition coefficient (Wildman–Crippen LogP) is 6.08. The molecular formula is C29H25ClN2O5S. The van der Waals surface area contributed by atoms with Gasteiger partial charge in [-0.3, -0.25) is 9.10 Å². The number of esters is 1. The van der Waals surface area contributed by atoms with Crippen molar-refractivity contribution in [1.82, 2.24) is 0 Å². The lowest BCUT2D eigenvalue weighted by Crippen LogP contribution is -2.32. The molecule has 0 saturated heterocycles. The van der Waals surface area contributed by atoms with E-state index in [1.807, 2.05) is 37.3 Å². The molecule has 0 saturated carbocycles. The molecule has 38 heavy (non-hydrogen) atoms. The number of benzene rings is 4. The van der Waals surface area contributed by atoms with E-state index < -0.39 is 21.9 Å². The van der Waals surface area contributed by atoms with Crippen molar-refractivity contribution < 1.29 is 22.7 Å². The fourth-order valence-corrected chi connectivity index (χ4v) is 5.46. The van der Waals surface area contributed by atoms with Crippen molar-refractivity contribution in [2.24, 2.45) is 0 Å². The molecule has 7 nitrogen and oxygen atoms in total. The standard InChI is InChI=1S/C29H25ClN2O5S/c1-20-12-15-23(16-13-20)38(35,36)32(19-21-8-4-3-5-9-21)27-11-7-6-10-24(27)28(33)31-26-18-22(29(34)37-2)14-17-25(26)30/h3-18H,19H2,1-2H3,(H,31,33). The van der Waals surface area contributed by atoms with Crippen molar-refractivity contribution in [3.05, 3.63) is 124 Å². The average molecular weight is 549 g/mol. The van der Waals surface area contributed by atoms with Crippen LogP contribution in [0.5, 0.6) is 0 Å². The molecule has 0 unspecified atom stereocenters. The maximum absolute atomic E-state index is 13.9. The van der Waals surface area contributed by atoms with Gasteiger partial charge in [0.05, 0.1) is 46.1 Å². The minimum Gasteiger partial charge on any atom is -0.465 e. The molecule has 194 valence electrons. The van der Waals surface area contributed by atoms with E-state index in [-0.39, 0.29) is 39.0 Å². The van der Waals surface area contributed by atoms with E-state index >= 15 is 0 Å². The van der Waals surface area contributed by atoms with Crippen LogP contribution in [0.15, 0.2) is 102 Å². The molecule has 0 aliphatic carbocycles. The summed E-state index contributed by atoms with van der Waals surface area (Å²) in [6, 6.07) is 26.4. The second kappa shape index (κ2) is 11.5. The average Bonchev–Trinajstić information content (AvgIpc) is 2.93. The number of methoxy groups -OCH3 is 1. The van der Waals surface area contributed by atoms with Crippen molar-refractivity contribution >= 4 is 44.9 Å². The van der Waals surface area contributed by atoms with Crippen LogP contribution in [-0.2, 0) is 21.3 Å². The van der Waals surface area contributed by atoms with E-state index in [2.05, 4.69) is 5.32 Å². The Kier molecular flexibility index (Phi) is 8.14. The van der Waals surface area contributed by atoms with Crippen molar-refractivity contribution in [3.8, 4) is 0 Å². The highest BCUT2D eigenvalue weighted by molar-refractivity contribution is 7.92. The lowest BCUT2D eigenvalue weighted by molar-refractivity contribution is 0.0600. The van der Waals surface area contributed by atoms with Crippen LogP contribution < -0.4 is 9.62 Å². The van der Waals surface area contributed by atoms with E-state index in [0.29, 0.717) is 0 Å². The van der Waals surface area contributed by atoms with Crippen LogP contribution in [0.4, 0.5) is 11.4 Å². The summed E-state index contributed by atoms with van der Waals surface area (Å²) >= 11 is 6.28. The molecular weight excluding hydrogens is 524 g/mol. The number of hydrogen-bond acceptors (Lipinski definition) is 5. The van der Waals surface area contributed by atoms with Crippen LogP contribution >= 0.6 is 11.6 Å². The fraction of sp³-hybridized carbons (Fsp3) is 0.103. The zero-order valence-electron chi connectivity index (χ0n) is 20.7. The maximum atomic E-state index is 13.9. The van der Waals surface area contributed by atoms with Gasteiger partial charge in [-0.25, -0.2) is 13.2 Å². The fourth-order valence-electron chi connectivity index (χ4n) is 3.83. The molecule has 0 bridgehead atoms. The number of aryl methyl sites for hydroxylation is 1. The van der Waals surface area contributed by atoms with Gasteiger partial charge in [0.2, 0.25) is 0 Å². The highest BCUT2D eigenvalue weighted by atomic mass is 35.5. The van der Waals surface area contributed by atoms with Gasteiger partial charge in [0.1, 0.15) is 0 Å². The summed E-state index contributed by atoms with van der Waals surface area (Å²) in [4.78, 5) is 25.6.